The maximum absolute atomic E-state index is 13.4. The molecule has 0 heterocycles. The van der Waals surface area contributed by atoms with Gasteiger partial charge in [0.25, 0.3) is 15.9 Å². The topological polar surface area (TPSA) is 102 Å². The summed E-state index contributed by atoms with van der Waals surface area (Å²) in [5.41, 5.74) is 0.535. The molecule has 9 heteroatoms. The first-order valence-corrected chi connectivity index (χ1v) is 8.98. The highest BCUT2D eigenvalue weighted by Gasteiger charge is 2.19. The number of amides is 1. The van der Waals surface area contributed by atoms with E-state index >= 15 is 0 Å². The summed E-state index contributed by atoms with van der Waals surface area (Å²) in [6.07, 6.45) is 0. The molecule has 0 radical (unpaired) electrons. The van der Waals surface area contributed by atoms with Crippen molar-refractivity contribution in [2.24, 2.45) is 0 Å². The molecule has 2 aromatic carbocycles. The van der Waals surface area contributed by atoms with E-state index in [1.807, 2.05) is 0 Å². The van der Waals surface area contributed by atoms with Crippen molar-refractivity contribution >= 4 is 27.6 Å². The minimum atomic E-state index is -4.04. The van der Waals surface area contributed by atoms with E-state index in [0.29, 0.717) is 5.56 Å². The Labute approximate surface area is 150 Å². The number of hydrogen-bond acceptors (Lipinski definition) is 5. The summed E-state index contributed by atoms with van der Waals surface area (Å²) < 4.78 is 45.4. The van der Waals surface area contributed by atoms with Crippen LogP contribution in [0.1, 0.15) is 15.9 Å². The van der Waals surface area contributed by atoms with Gasteiger partial charge in [0, 0.05) is 12.7 Å². The lowest BCUT2D eigenvalue weighted by atomic mass is 10.2. The van der Waals surface area contributed by atoms with Crippen molar-refractivity contribution in [1.29, 1.82) is 0 Å². The number of halogens is 1. The second kappa shape index (κ2) is 7.96. The Morgan fingerprint density at radius 2 is 1.88 bits per heavy atom. The zero-order valence-electron chi connectivity index (χ0n) is 14.1. The molecule has 0 fully saturated rings. The van der Waals surface area contributed by atoms with Gasteiger partial charge in [-0.2, -0.15) is 0 Å². The predicted molar refractivity (Wildman–Crippen MR) is 92.7 cm³/mol. The fraction of sp³-hybridized carbons (Fsp3) is 0.176. The number of carbonyl (C=O) groups excluding carboxylic acids is 2. The maximum atomic E-state index is 13.4. The molecule has 0 saturated heterocycles. The van der Waals surface area contributed by atoms with Crippen molar-refractivity contribution in [3.63, 3.8) is 0 Å². The van der Waals surface area contributed by atoms with Gasteiger partial charge in [0.05, 0.1) is 10.5 Å². The molecule has 0 saturated carbocycles. The van der Waals surface area contributed by atoms with E-state index in [2.05, 4.69) is 10.0 Å². The van der Waals surface area contributed by atoms with Gasteiger partial charge in [-0.05, 0) is 42.8 Å². The zero-order valence-corrected chi connectivity index (χ0v) is 14.9. The largest absolute Gasteiger partial charge is 0.452 e. The molecule has 2 rings (SSSR count). The van der Waals surface area contributed by atoms with Crippen LogP contribution in [-0.4, -0.2) is 33.9 Å². The number of likely N-dealkylation sites (N-methyl/N-ethyl adjacent to an activating group) is 1. The standard InChI is InChI=1S/C17H17FN2O5S/c1-11-6-7-13(18)9-15(11)26(23,24)20-14-5-3-4-12(8-14)17(22)25-10-16(21)19-2/h3-9,20H,10H2,1-2H3,(H,19,21). The SMILES string of the molecule is CNC(=O)COC(=O)c1cccc(NS(=O)(=O)c2cc(F)ccc2C)c1. The number of sulfonamides is 1. The van der Waals surface area contributed by atoms with E-state index in [9.17, 15) is 22.4 Å². The highest BCUT2D eigenvalue weighted by Crippen LogP contribution is 2.21. The summed E-state index contributed by atoms with van der Waals surface area (Å²) in [6, 6.07) is 9.00. The van der Waals surface area contributed by atoms with E-state index in [0.717, 1.165) is 12.1 Å². The molecule has 0 atom stereocenters. The van der Waals surface area contributed by atoms with Crippen LogP contribution in [0.5, 0.6) is 0 Å². The van der Waals surface area contributed by atoms with Gasteiger partial charge in [0.1, 0.15) is 5.82 Å². The van der Waals surface area contributed by atoms with E-state index in [-0.39, 0.29) is 16.1 Å². The second-order valence-electron chi connectivity index (χ2n) is 5.35. The number of hydrogen-bond donors (Lipinski definition) is 2. The third-order valence-corrected chi connectivity index (χ3v) is 4.93. The summed E-state index contributed by atoms with van der Waals surface area (Å²) in [5, 5.41) is 2.30. The highest BCUT2D eigenvalue weighted by molar-refractivity contribution is 7.92. The minimum absolute atomic E-state index is 0.0602. The fourth-order valence-electron chi connectivity index (χ4n) is 2.07. The molecule has 1 amide bonds. The normalized spacial score (nSPS) is 10.9. The Morgan fingerprint density at radius 3 is 2.58 bits per heavy atom. The molecule has 2 aromatic rings. The molecule has 0 unspecified atom stereocenters. The van der Waals surface area contributed by atoms with E-state index in [1.54, 1.807) is 6.92 Å². The Kier molecular flexibility index (Phi) is 5.93. The Hall–Kier alpha value is -2.94. The molecule has 26 heavy (non-hydrogen) atoms. The average molecular weight is 380 g/mol. The molecule has 0 spiro atoms. The van der Waals surface area contributed by atoms with E-state index in [1.165, 1.54) is 37.4 Å². The number of anilines is 1. The van der Waals surface area contributed by atoms with Crippen molar-refractivity contribution in [3.05, 3.63) is 59.4 Å². The van der Waals surface area contributed by atoms with Crippen LogP contribution >= 0.6 is 0 Å². The van der Waals surface area contributed by atoms with Crippen LogP contribution in [0.25, 0.3) is 0 Å². The monoisotopic (exact) mass is 380 g/mol. The molecule has 7 nitrogen and oxygen atoms in total. The number of nitrogens with one attached hydrogen (secondary N) is 2. The summed E-state index contributed by atoms with van der Waals surface area (Å²) in [6.45, 7) is 1.09. The lowest BCUT2D eigenvalue weighted by molar-refractivity contribution is -0.123. The van der Waals surface area contributed by atoms with Gasteiger partial charge in [-0.1, -0.05) is 12.1 Å². The van der Waals surface area contributed by atoms with Crippen LogP contribution in [0.3, 0.4) is 0 Å². The molecule has 0 aliphatic heterocycles. The van der Waals surface area contributed by atoms with Crippen LogP contribution in [0.2, 0.25) is 0 Å². The van der Waals surface area contributed by atoms with Crippen LogP contribution in [0, 0.1) is 12.7 Å². The van der Waals surface area contributed by atoms with Gasteiger partial charge in [0.15, 0.2) is 6.61 Å². The van der Waals surface area contributed by atoms with Crippen molar-refractivity contribution in [2.75, 3.05) is 18.4 Å². The number of benzene rings is 2. The van der Waals surface area contributed by atoms with Crippen molar-refractivity contribution in [1.82, 2.24) is 5.32 Å². The first-order chi connectivity index (χ1) is 12.2. The van der Waals surface area contributed by atoms with Gasteiger partial charge < -0.3 is 10.1 Å². The molecule has 0 aromatic heterocycles. The molecular weight excluding hydrogens is 363 g/mol. The second-order valence-corrected chi connectivity index (χ2v) is 7.00. The van der Waals surface area contributed by atoms with Crippen LogP contribution in [-0.2, 0) is 19.6 Å². The van der Waals surface area contributed by atoms with Crippen LogP contribution < -0.4 is 10.0 Å². The number of ether oxygens (including phenoxy) is 1. The maximum Gasteiger partial charge on any atom is 0.338 e. The number of rotatable bonds is 6. The zero-order chi connectivity index (χ0) is 19.3. The Balaban J connectivity index is 2.21. The molecule has 0 aliphatic carbocycles. The number of carbonyl (C=O) groups is 2. The summed E-state index contributed by atoms with van der Waals surface area (Å²) in [5.74, 6) is -1.93. The summed E-state index contributed by atoms with van der Waals surface area (Å²) in [4.78, 5) is 22.8. The average Bonchev–Trinajstić information content (AvgIpc) is 2.61. The third kappa shape index (κ3) is 4.79. The lowest BCUT2D eigenvalue weighted by Crippen LogP contribution is -2.25. The molecule has 0 bridgehead atoms. The predicted octanol–water partition coefficient (Wildman–Crippen LogP) is 1.84. The van der Waals surface area contributed by atoms with Gasteiger partial charge in [-0.3, -0.25) is 9.52 Å². The quantitative estimate of drug-likeness (QED) is 0.745. The van der Waals surface area contributed by atoms with Gasteiger partial charge in [-0.15, -0.1) is 0 Å². The summed E-state index contributed by atoms with van der Waals surface area (Å²) >= 11 is 0. The molecule has 2 N–H and O–H groups in total. The Morgan fingerprint density at radius 1 is 1.15 bits per heavy atom. The van der Waals surface area contributed by atoms with Crippen molar-refractivity contribution < 1.29 is 27.1 Å². The van der Waals surface area contributed by atoms with Crippen LogP contribution in [0.15, 0.2) is 47.4 Å². The lowest BCUT2D eigenvalue weighted by Gasteiger charge is -2.11. The number of esters is 1. The van der Waals surface area contributed by atoms with Crippen molar-refractivity contribution in [3.8, 4) is 0 Å². The van der Waals surface area contributed by atoms with Crippen molar-refractivity contribution in [2.45, 2.75) is 11.8 Å². The molecule has 0 aliphatic rings. The van der Waals surface area contributed by atoms with E-state index in [4.69, 9.17) is 4.74 Å². The molecule has 138 valence electrons. The third-order valence-electron chi connectivity index (χ3n) is 3.40. The Bertz CT molecular complexity index is 944. The summed E-state index contributed by atoms with van der Waals surface area (Å²) in [7, 11) is -2.64. The van der Waals surface area contributed by atoms with E-state index < -0.39 is 34.3 Å². The van der Waals surface area contributed by atoms with Gasteiger partial charge >= 0.3 is 5.97 Å². The smallest absolute Gasteiger partial charge is 0.338 e. The number of aryl methyl sites for hydroxylation is 1. The highest BCUT2D eigenvalue weighted by atomic mass is 32.2. The van der Waals surface area contributed by atoms with Crippen LogP contribution in [0.4, 0.5) is 10.1 Å². The molecular formula is C17H17FN2O5S. The first-order valence-electron chi connectivity index (χ1n) is 7.49. The van der Waals surface area contributed by atoms with Gasteiger partial charge in [0.2, 0.25) is 0 Å². The fourth-order valence-corrected chi connectivity index (χ4v) is 3.38. The first kappa shape index (κ1) is 19.4. The van der Waals surface area contributed by atoms with Gasteiger partial charge in [-0.25, -0.2) is 17.6 Å². The minimum Gasteiger partial charge on any atom is -0.452 e.